The van der Waals surface area contributed by atoms with E-state index in [2.05, 4.69) is 4.98 Å². The highest BCUT2D eigenvalue weighted by molar-refractivity contribution is 6.29. The van der Waals surface area contributed by atoms with Crippen LogP contribution in [0, 0.1) is 0 Å². The zero-order valence-corrected chi connectivity index (χ0v) is 7.17. The van der Waals surface area contributed by atoms with Crippen molar-refractivity contribution < 1.29 is 5.11 Å². The highest BCUT2D eigenvalue weighted by Crippen LogP contribution is 2.09. The molecule has 3 nitrogen and oxygen atoms in total. The molecule has 0 aliphatic heterocycles. The molecule has 1 N–H and O–H groups in total. The van der Waals surface area contributed by atoms with Gasteiger partial charge in [0.2, 0.25) is 0 Å². The van der Waals surface area contributed by atoms with Crippen LogP contribution < -0.4 is 0 Å². The summed E-state index contributed by atoms with van der Waals surface area (Å²) in [4.78, 5) is 4.07. The van der Waals surface area contributed by atoms with Crippen LogP contribution >= 0.6 is 11.6 Å². The molecule has 11 heavy (non-hydrogen) atoms. The van der Waals surface area contributed by atoms with Crippen molar-refractivity contribution in [1.82, 2.24) is 9.55 Å². The number of nitrogens with zero attached hydrogens (tertiary/aromatic N) is 2. The normalized spacial score (nSPS) is 10.5. The third-order valence-electron chi connectivity index (χ3n) is 1.59. The first kappa shape index (κ1) is 8.56. The average molecular weight is 175 g/mol. The lowest BCUT2D eigenvalue weighted by atomic mass is 10.3. The molecular formula is C7H11ClN2O. The first-order valence-corrected chi connectivity index (χ1v) is 3.90. The Morgan fingerprint density at radius 3 is 2.91 bits per heavy atom. The fraction of sp³-hybridized carbons (Fsp3) is 0.571. The molecule has 0 aromatic carbocycles. The topological polar surface area (TPSA) is 38.0 Å². The van der Waals surface area contributed by atoms with Crippen molar-refractivity contribution in [2.24, 2.45) is 7.05 Å². The van der Waals surface area contributed by atoms with Gasteiger partial charge in [0.05, 0.1) is 6.20 Å². The summed E-state index contributed by atoms with van der Waals surface area (Å²) >= 11 is 5.75. The molecule has 0 aliphatic rings. The number of hydrogen-bond acceptors (Lipinski definition) is 2. The van der Waals surface area contributed by atoms with Crippen LogP contribution in [-0.4, -0.2) is 21.3 Å². The summed E-state index contributed by atoms with van der Waals surface area (Å²) in [5, 5.41) is 9.19. The van der Waals surface area contributed by atoms with Crippen molar-refractivity contribution in [2.45, 2.75) is 12.8 Å². The Morgan fingerprint density at radius 2 is 2.45 bits per heavy atom. The van der Waals surface area contributed by atoms with Crippen molar-refractivity contribution in [3.05, 3.63) is 17.2 Å². The van der Waals surface area contributed by atoms with Gasteiger partial charge >= 0.3 is 0 Å². The lowest BCUT2D eigenvalue weighted by Gasteiger charge is -1.99. The largest absolute Gasteiger partial charge is 0.396 e. The van der Waals surface area contributed by atoms with Gasteiger partial charge in [-0.05, 0) is 6.42 Å². The Balaban J connectivity index is 2.63. The van der Waals surface area contributed by atoms with Crippen LogP contribution in [0.25, 0.3) is 0 Å². The summed E-state index contributed by atoms with van der Waals surface area (Å²) in [5.41, 5.74) is 0. The summed E-state index contributed by atoms with van der Waals surface area (Å²) < 4.78 is 1.82. The minimum Gasteiger partial charge on any atom is -0.396 e. The maximum Gasteiger partial charge on any atom is 0.128 e. The van der Waals surface area contributed by atoms with E-state index in [1.165, 1.54) is 0 Å². The molecule has 0 aliphatic carbocycles. The van der Waals surface area contributed by atoms with E-state index in [0.717, 1.165) is 18.7 Å². The molecule has 0 spiro atoms. The van der Waals surface area contributed by atoms with Crippen LogP contribution in [0.1, 0.15) is 12.2 Å². The van der Waals surface area contributed by atoms with E-state index in [1.807, 2.05) is 11.6 Å². The van der Waals surface area contributed by atoms with E-state index in [0.29, 0.717) is 5.15 Å². The molecule has 0 unspecified atom stereocenters. The molecule has 1 aromatic rings. The van der Waals surface area contributed by atoms with Gasteiger partial charge in [0, 0.05) is 20.1 Å². The van der Waals surface area contributed by atoms with Gasteiger partial charge < -0.3 is 9.67 Å². The summed E-state index contributed by atoms with van der Waals surface area (Å²) in [6.07, 6.45) is 3.13. The molecule has 4 heteroatoms. The van der Waals surface area contributed by atoms with E-state index in [-0.39, 0.29) is 6.61 Å². The molecule has 0 amide bonds. The molecule has 1 aromatic heterocycles. The van der Waals surface area contributed by atoms with E-state index in [9.17, 15) is 0 Å². The number of aryl methyl sites for hydroxylation is 1. The molecule has 0 atom stereocenters. The molecule has 1 heterocycles. The summed E-state index contributed by atoms with van der Waals surface area (Å²) in [5.74, 6) is 0.920. The Morgan fingerprint density at radius 1 is 1.73 bits per heavy atom. The fourth-order valence-electron chi connectivity index (χ4n) is 0.894. The minimum absolute atomic E-state index is 0.199. The summed E-state index contributed by atoms with van der Waals surface area (Å²) in [7, 11) is 1.86. The quantitative estimate of drug-likeness (QED) is 0.743. The first-order valence-electron chi connectivity index (χ1n) is 3.52. The second-order valence-electron chi connectivity index (χ2n) is 2.38. The zero-order chi connectivity index (χ0) is 8.27. The van der Waals surface area contributed by atoms with E-state index in [1.54, 1.807) is 6.20 Å². The van der Waals surface area contributed by atoms with Crippen LogP contribution in [0.15, 0.2) is 6.20 Å². The Labute approximate surface area is 70.6 Å². The van der Waals surface area contributed by atoms with Crippen LogP contribution in [-0.2, 0) is 13.5 Å². The lowest BCUT2D eigenvalue weighted by molar-refractivity contribution is 0.287. The average Bonchev–Trinajstić information content (AvgIpc) is 2.31. The van der Waals surface area contributed by atoms with Crippen LogP contribution in [0.4, 0.5) is 0 Å². The van der Waals surface area contributed by atoms with E-state index < -0.39 is 0 Å². The van der Waals surface area contributed by atoms with Crippen molar-refractivity contribution in [3.8, 4) is 0 Å². The van der Waals surface area contributed by atoms with Crippen molar-refractivity contribution in [2.75, 3.05) is 6.61 Å². The van der Waals surface area contributed by atoms with E-state index >= 15 is 0 Å². The molecule has 1 rings (SSSR count). The maximum absolute atomic E-state index is 8.56. The molecule has 0 fully saturated rings. The van der Waals surface area contributed by atoms with E-state index in [4.69, 9.17) is 16.7 Å². The predicted octanol–water partition coefficient (Wildman–Crippen LogP) is 0.998. The Hall–Kier alpha value is -0.540. The first-order chi connectivity index (χ1) is 5.25. The molecule has 0 radical (unpaired) electrons. The standard InChI is InChI=1S/C7H11ClN2O/c1-10-6(8)5-9-7(10)3-2-4-11/h5,11H,2-4H2,1H3. The number of aromatic nitrogens is 2. The van der Waals surface area contributed by atoms with Gasteiger partial charge in [0.15, 0.2) is 0 Å². The van der Waals surface area contributed by atoms with Gasteiger partial charge in [-0.15, -0.1) is 0 Å². The molecule has 0 bridgehead atoms. The Bertz CT molecular complexity index is 234. The second kappa shape index (κ2) is 3.74. The zero-order valence-electron chi connectivity index (χ0n) is 6.42. The summed E-state index contributed by atoms with van der Waals surface area (Å²) in [6.45, 7) is 0.199. The van der Waals surface area contributed by atoms with Crippen LogP contribution in [0.3, 0.4) is 0 Å². The maximum atomic E-state index is 8.56. The van der Waals surface area contributed by atoms with Gasteiger partial charge in [-0.25, -0.2) is 4.98 Å². The van der Waals surface area contributed by atoms with Gasteiger partial charge in [-0.3, -0.25) is 0 Å². The molecule has 0 saturated heterocycles. The van der Waals surface area contributed by atoms with Crippen LogP contribution in [0.2, 0.25) is 5.15 Å². The van der Waals surface area contributed by atoms with Crippen LogP contribution in [0.5, 0.6) is 0 Å². The summed E-state index contributed by atoms with van der Waals surface area (Å²) in [6, 6.07) is 0. The number of aliphatic hydroxyl groups excluding tert-OH is 1. The molecular weight excluding hydrogens is 164 g/mol. The smallest absolute Gasteiger partial charge is 0.128 e. The highest BCUT2D eigenvalue weighted by atomic mass is 35.5. The number of halogens is 1. The number of aliphatic hydroxyl groups is 1. The van der Waals surface area contributed by atoms with Gasteiger partial charge in [0.25, 0.3) is 0 Å². The molecule has 0 saturated carbocycles. The third kappa shape index (κ3) is 1.94. The van der Waals surface area contributed by atoms with Gasteiger partial charge in [-0.2, -0.15) is 0 Å². The van der Waals surface area contributed by atoms with Gasteiger partial charge in [0.1, 0.15) is 11.0 Å². The SMILES string of the molecule is Cn1c(Cl)cnc1CCCO. The number of hydrogen-bond donors (Lipinski definition) is 1. The predicted molar refractivity (Wildman–Crippen MR) is 43.6 cm³/mol. The number of imidazole rings is 1. The third-order valence-corrected chi connectivity index (χ3v) is 1.94. The molecule has 62 valence electrons. The lowest BCUT2D eigenvalue weighted by Crippen LogP contribution is -1.99. The fourth-order valence-corrected chi connectivity index (χ4v) is 1.04. The van der Waals surface area contributed by atoms with Crippen molar-refractivity contribution >= 4 is 11.6 Å². The monoisotopic (exact) mass is 174 g/mol. The van der Waals surface area contributed by atoms with Crippen molar-refractivity contribution in [1.29, 1.82) is 0 Å². The van der Waals surface area contributed by atoms with Crippen molar-refractivity contribution in [3.63, 3.8) is 0 Å². The highest BCUT2D eigenvalue weighted by Gasteiger charge is 2.02. The second-order valence-corrected chi connectivity index (χ2v) is 2.77. The Kier molecular flexibility index (Phi) is 2.91. The number of rotatable bonds is 3. The minimum atomic E-state index is 0.199. The van der Waals surface area contributed by atoms with Gasteiger partial charge in [-0.1, -0.05) is 11.6 Å².